The molecule has 1 aromatic rings. The molecule has 2 aliphatic rings. The van der Waals surface area contributed by atoms with E-state index in [0.29, 0.717) is 0 Å². The van der Waals surface area contributed by atoms with Gasteiger partial charge in [0, 0.05) is 19.8 Å². The van der Waals surface area contributed by atoms with Crippen molar-refractivity contribution in [2.24, 2.45) is 4.99 Å². The highest BCUT2D eigenvalue weighted by Crippen LogP contribution is 2.40. The van der Waals surface area contributed by atoms with E-state index in [2.05, 4.69) is 48.6 Å². The number of aliphatic imine (C=N–C) groups is 1. The van der Waals surface area contributed by atoms with Crippen molar-refractivity contribution in [3.8, 4) is 0 Å². The fourth-order valence-corrected chi connectivity index (χ4v) is 4.30. The predicted octanol–water partition coefficient (Wildman–Crippen LogP) is 3.97. The van der Waals surface area contributed by atoms with E-state index >= 15 is 0 Å². The summed E-state index contributed by atoms with van der Waals surface area (Å²) >= 11 is 1.88. The van der Waals surface area contributed by atoms with Crippen LogP contribution in [0.4, 0.5) is 11.4 Å². The van der Waals surface area contributed by atoms with Gasteiger partial charge in [0.05, 0.1) is 16.9 Å². The van der Waals surface area contributed by atoms with Gasteiger partial charge in [-0.05, 0) is 25.0 Å². The Balaban J connectivity index is 1.77. The van der Waals surface area contributed by atoms with Gasteiger partial charge in [0.1, 0.15) is 0 Å². The Morgan fingerprint density at radius 2 is 1.90 bits per heavy atom. The smallest absolute Gasteiger partial charge is 0.161 e. The lowest BCUT2D eigenvalue weighted by Gasteiger charge is -2.29. The molecule has 0 bridgehead atoms. The van der Waals surface area contributed by atoms with E-state index in [4.69, 9.17) is 4.99 Å². The van der Waals surface area contributed by atoms with Gasteiger partial charge in [-0.25, -0.2) is 0 Å². The average molecular weight is 289 g/mol. The van der Waals surface area contributed by atoms with Gasteiger partial charge in [-0.15, -0.1) is 0 Å². The van der Waals surface area contributed by atoms with E-state index in [0.717, 1.165) is 16.6 Å². The van der Waals surface area contributed by atoms with Crippen LogP contribution in [0, 0.1) is 0 Å². The van der Waals surface area contributed by atoms with E-state index in [1.54, 1.807) is 0 Å². The summed E-state index contributed by atoms with van der Waals surface area (Å²) in [4.78, 5) is 7.16. The summed E-state index contributed by atoms with van der Waals surface area (Å²) in [5, 5.41) is 4.63. The summed E-state index contributed by atoms with van der Waals surface area (Å²) in [6.07, 6.45) is 6.59. The van der Waals surface area contributed by atoms with Gasteiger partial charge >= 0.3 is 0 Å². The first-order valence-electron chi connectivity index (χ1n) is 7.45. The van der Waals surface area contributed by atoms with E-state index < -0.39 is 0 Å². The zero-order valence-corrected chi connectivity index (χ0v) is 13.2. The molecule has 4 heteroatoms. The second kappa shape index (κ2) is 5.68. The monoisotopic (exact) mass is 289 g/mol. The minimum Gasteiger partial charge on any atom is -0.376 e. The second-order valence-corrected chi connectivity index (χ2v) is 6.99. The summed E-state index contributed by atoms with van der Waals surface area (Å²) in [6.45, 7) is 0. The van der Waals surface area contributed by atoms with Crippen LogP contribution in [0.3, 0.4) is 0 Å². The summed E-state index contributed by atoms with van der Waals surface area (Å²) in [5.41, 5.74) is 2.59. The minimum atomic E-state index is 0.234. The third-order valence-electron chi connectivity index (χ3n) is 4.23. The highest BCUT2D eigenvalue weighted by Gasteiger charge is 2.36. The van der Waals surface area contributed by atoms with Crippen molar-refractivity contribution in [3.63, 3.8) is 0 Å². The van der Waals surface area contributed by atoms with Crippen molar-refractivity contribution in [1.29, 1.82) is 0 Å². The van der Waals surface area contributed by atoms with Gasteiger partial charge < -0.3 is 10.2 Å². The first-order valence-corrected chi connectivity index (χ1v) is 8.43. The molecular weight excluding hydrogens is 266 g/mol. The van der Waals surface area contributed by atoms with Crippen molar-refractivity contribution < 1.29 is 0 Å². The Labute approximate surface area is 125 Å². The van der Waals surface area contributed by atoms with Crippen LogP contribution in [0.5, 0.6) is 0 Å². The molecule has 0 aromatic heterocycles. The normalized spacial score (nSPS) is 20.8. The van der Waals surface area contributed by atoms with Crippen molar-refractivity contribution in [3.05, 3.63) is 24.3 Å². The lowest BCUT2D eigenvalue weighted by Crippen LogP contribution is -2.29. The summed E-state index contributed by atoms with van der Waals surface area (Å²) in [5.74, 6) is 1.15. The lowest BCUT2D eigenvalue weighted by molar-refractivity contribution is 0.335. The first kappa shape index (κ1) is 13.8. The number of amidine groups is 1. The molecule has 1 aliphatic carbocycles. The molecule has 1 N–H and O–H groups in total. The maximum Gasteiger partial charge on any atom is 0.161 e. The number of nitrogens with zero attached hydrogens (tertiary/aromatic N) is 2. The highest BCUT2D eigenvalue weighted by molar-refractivity contribution is 8.14. The van der Waals surface area contributed by atoms with Crippen LogP contribution in [0.1, 0.15) is 32.1 Å². The number of para-hydroxylation sites is 2. The van der Waals surface area contributed by atoms with Gasteiger partial charge in [0.25, 0.3) is 0 Å². The number of anilines is 2. The van der Waals surface area contributed by atoms with Crippen LogP contribution in [0.15, 0.2) is 29.3 Å². The molecule has 108 valence electrons. The molecule has 0 radical (unpaired) electrons. The zero-order chi connectivity index (χ0) is 14.0. The van der Waals surface area contributed by atoms with Gasteiger partial charge in [0.15, 0.2) is 5.17 Å². The summed E-state index contributed by atoms with van der Waals surface area (Å²) in [7, 11) is 4.15. The minimum absolute atomic E-state index is 0.234. The third kappa shape index (κ3) is 2.80. The molecular formula is C16H23N3S. The van der Waals surface area contributed by atoms with Crippen LogP contribution >= 0.6 is 11.8 Å². The number of rotatable bonds is 2. The average Bonchev–Trinajstić information content (AvgIpc) is 2.82. The Kier molecular flexibility index (Phi) is 3.92. The molecule has 1 saturated carbocycles. The first-order chi connectivity index (χ1) is 9.69. The number of hydrogen-bond acceptors (Lipinski definition) is 4. The lowest BCUT2D eigenvalue weighted by atomic mass is 9.84. The maximum absolute atomic E-state index is 5.02. The molecule has 3 rings (SSSR count). The molecule has 3 nitrogen and oxygen atoms in total. The van der Waals surface area contributed by atoms with Crippen LogP contribution in [0.2, 0.25) is 0 Å². The maximum atomic E-state index is 5.02. The standard InChI is InChI=1S/C16H23N3S/c1-19(2)14-9-5-4-8-13(14)17-15-18-16(12-20-15)10-6-3-7-11-16/h4-5,8-9H,3,6-7,10-12H2,1-2H3,(H,17,18). The van der Waals surface area contributed by atoms with Crippen molar-refractivity contribution >= 4 is 28.3 Å². The van der Waals surface area contributed by atoms with Crippen molar-refractivity contribution in [2.75, 3.05) is 30.1 Å². The van der Waals surface area contributed by atoms with E-state index in [9.17, 15) is 0 Å². The SMILES string of the molecule is CN(C)c1ccccc1NC1=NC2(CCCCC2)CS1. The zero-order valence-electron chi connectivity index (χ0n) is 12.4. The molecule has 1 aromatic carbocycles. The molecule has 1 fully saturated rings. The van der Waals surface area contributed by atoms with Gasteiger partial charge in [-0.3, -0.25) is 4.99 Å². The molecule has 0 saturated heterocycles. The Morgan fingerprint density at radius 1 is 1.15 bits per heavy atom. The van der Waals surface area contributed by atoms with Gasteiger partial charge in [-0.2, -0.15) is 0 Å². The Morgan fingerprint density at radius 3 is 2.65 bits per heavy atom. The number of benzene rings is 1. The number of nitrogens with one attached hydrogen (secondary N) is 1. The molecule has 0 atom stereocenters. The third-order valence-corrected chi connectivity index (χ3v) is 5.38. The summed E-state index contributed by atoms with van der Waals surface area (Å²) < 4.78 is 0. The van der Waals surface area contributed by atoms with Gasteiger partial charge in [-0.1, -0.05) is 43.2 Å². The number of thioether (sulfide) groups is 1. The van der Waals surface area contributed by atoms with E-state index in [1.165, 1.54) is 37.8 Å². The molecule has 0 amide bonds. The topological polar surface area (TPSA) is 27.6 Å². The fourth-order valence-electron chi connectivity index (χ4n) is 3.10. The van der Waals surface area contributed by atoms with Crippen molar-refractivity contribution in [2.45, 2.75) is 37.6 Å². The molecule has 1 spiro atoms. The van der Waals surface area contributed by atoms with Crippen molar-refractivity contribution in [1.82, 2.24) is 0 Å². The summed E-state index contributed by atoms with van der Waals surface area (Å²) in [6, 6.07) is 8.42. The Bertz CT molecular complexity index is 504. The van der Waals surface area contributed by atoms with Crippen LogP contribution in [-0.4, -0.2) is 30.6 Å². The largest absolute Gasteiger partial charge is 0.376 e. The fraction of sp³-hybridized carbons (Fsp3) is 0.562. The number of hydrogen-bond donors (Lipinski definition) is 1. The van der Waals surface area contributed by atoms with Crippen LogP contribution in [0.25, 0.3) is 0 Å². The molecule has 1 heterocycles. The van der Waals surface area contributed by atoms with Gasteiger partial charge in [0.2, 0.25) is 0 Å². The molecule has 1 aliphatic heterocycles. The van der Waals surface area contributed by atoms with E-state index in [-0.39, 0.29) is 5.54 Å². The highest BCUT2D eigenvalue weighted by atomic mass is 32.2. The Hall–Kier alpha value is -1.16. The van der Waals surface area contributed by atoms with Crippen LogP contribution < -0.4 is 10.2 Å². The molecule has 0 unspecified atom stereocenters. The molecule has 20 heavy (non-hydrogen) atoms. The second-order valence-electron chi connectivity index (χ2n) is 6.03. The predicted molar refractivity (Wildman–Crippen MR) is 90.1 cm³/mol. The van der Waals surface area contributed by atoms with E-state index in [1.807, 2.05) is 11.8 Å². The van der Waals surface area contributed by atoms with Crippen LogP contribution in [-0.2, 0) is 0 Å². The quantitative estimate of drug-likeness (QED) is 0.892.